The Hall–Kier alpha value is -2.02. The molecule has 3 heterocycles. The lowest BCUT2D eigenvalue weighted by Crippen LogP contribution is -2.37. The number of benzene rings is 1. The van der Waals surface area contributed by atoms with Gasteiger partial charge in [0.15, 0.2) is 5.82 Å². The number of thiophene rings is 1. The molecule has 1 aliphatic heterocycles. The van der Waals surface area contributed by atoms with Crippen molar-refractivity contribution >= 4 is 28.6 Å². The van der Waals surface area contributed by atoms with E-state index in [1.807, 2.05) is 36.5 Å². The van der Waals surface area contributed by atoms with Crippen molar-refractivity contribution in [3.8, 4) is 5.00 Å². The molecule has 7 heteroatoms. The summed E-state index contributed by atoms with van der Waals surface area (Å²) < 4.78 is 2.20. The summed E-state index contributed by atoms with van der Waals surface area (Å²) in [5.74, 6) is 1.82. The van der Waals surface area contributed by atoms with Crippen molar-refractivity contribution in [2.45, 2.75) is 59.0 Å². The number of aryl methyl sites for hydroxylation is 1. The third-order valence-corrected chi connectivity index (χ3v) is 7.88. The van der Waals surface area contributed by atoms with E-state index in [9.17, 15) is 0 Å². The number of hydrogen-bond donors (Lipinski definition) is 0. The fourth-order valence-electron chi connectivity index (χ4n) is 4.99. The van der Waals surface area contributed by atoms with E-state index < -0.39 is 0 Å². The molecule has 0 saturated heterocycles. The first kappa shape index (κ1) is 20.9. The SMILES string of the molecule is CCCN(CCC)C1Cc2sc3c(c2C1)C(c1ccccc1Cl)=NCc1nnc(C)n1-3. The summed E-state index contributed by atoms with van der Waals surface area (Å²) in [4.78, 5) is 9.20. The quantitative estimate of drug-likeness (QED) is 0.513. The van der Waals surface area contributed by atoms with Crippen LogP contribution >= 0.6 is 22.9 Å². The van der Waals surface area contributed by atoms with Gasteiger partial charge in [0.1, 0.15) is 17.4 Å². The van der Waals surface area contributed by atoms with Crippen LogP contribution in [0.1, 0.15) is 59.9 Å². The summed E-state index contributed by atoms with van der Waals surface area (Å²) in [6.45, 7) is 9.42. The van der Waals surface area contributed by atoms with E-state index in [-0.39, 0.29) is 0 Å². The van der Waals surface area contributed by atoms with E-state index in [0.717, 1.165) is 53.9 Å². The van der Waals surface area contributed by atoms with Crippen LogP contribution in [0.25, 0.3) is 5.00 Å². The van der Waals surface area contributed by atoms with Crippen LogP contribution in [0.15, 0.2) is 29.3 Å². The van der Waals surface area contributed by atoms with Crippen molar-refractivity contribution in [2.75, 3.05) is 13.1 Å². The second-order valence-corrected chi connectivity index (χ2v) is 9.92. The number of rotatable bonds is 6. The van der Waals surface area contributed by atoms with Gasteiger partial charge in [-0.2, -0.15) is 0 Å². The molecule has 0 saturated carbocycles. The fourth-order valence-corrected chi connectivity index (χ4v) is 6.68. The zero-order valence-electron chi connectivity index (χ0n) is 18.4. The molecule has 3 aromatic rings. The first-order valence-corrected chi connectivity index (χ1v) is 12.4. The highest BCUT2D eigenvalue weighted by molar-refractivity contribution is 7.15. The summed E-state index contributed by atoms with van der Waals surface area (Å²) >= 11 is 8.55. The molecule has 5 rings (SSSR count). The Morgan fingerprint density at radius 2 is 1.90 bits per heavy atom. The van der Waals surface area contributed by atoms with E-state index in [1.54, 1.807) is 0 Å². The van der Waals surface area contributed by atoms with Crippen LogP contribution in [0.3, 0.4) is 0 Å². The minimum atomic E-state index is 0.513. The third-order valence-electron chi connectivity index (χ3n) is 6.31. The molecule has 31 heavy (non-hydrogen) atoms. The molecule has 1 unspecified atom stereocenters. The average Bonchev–Trinajstić information content (AvgIpc) is 3.39. The molecule has 1 aliphatic carbocycles. The summed E-state index contributed by atoms with van der Waals surface area (Å²) in [5, 5.41) is 10.7. The van der Waals surface area contributed by atoms with Gasteiger partial charge in [-0.05, 0) is 57.3 Å². The van der Waals surface area contributed by atoms with Gasteiger partial charge < -0.3 is 0 Å². The van der Waals surface area contributed by atoms with Gasteiger partial charge in [-0.1, -0.05) is 43.6 Å². The lowest BCUT2D eigenvalue weighted by Gasteiger charge is -2.28. The van der Waals surface area contributed by atoms with E-state index in [2.05, 4.69) is 39.6 Å². The van der Waals surface area contributed by atoms with E-state index >= 15 is 0 Å². The fraction of sp³-hybridized carbons (Fsp3) is 0.458. The molecule has 0 amide bonds. The predicted molar refractivity (Wildman–Crippen MR) is 128 cm³/mol. The van der Waals surface area contributed by atoms with Crippen LogP contribution in [0.4, 0.5) is 0 Å². The number of nitrogens with zero attached hydrogens (tertiary/aromatic N) is 5. The van der Waals surface area contributed by atoms with Crippen LogP contribution in [0, 0.1) is 6.92 Å². The van der Waals surface area contributed by atoms with E-state index in [0.29, 0.717) is 12.6 Å². The second kappa shape index (κ2) is 8.49. The molecule has 1 atom stereocenters. The highest BCUT2D eigenvalue weighted by Gasteiger charge is 2.36. The van der Waals surface area contributed by atoms with Gasteiger partial charge in [-0.15, -0.1) is 21.5 Å². The van der Waals surface area contributed by atoms with Crippen molar-refractivity contribution in [2.24, 2.45) is 4.99 Å². The number of aliphatic imine (C=N–C) groups is 1. The maximum absolute atomic E-state index is 6.65. The second-order valence-electron chi connectivity index (χ2n) is 8.43. The summed E-state index contributed by atoms with van der Waals surface area (Å²) in [5.41, 5.74) is 4.69. The molecule has 2 aliphatic rings. The van der Waals surface area contributed by atoms with Gasteiger partial charge in [-0.25, -0.2) is 0 Å². The predicted octanol–water partition coefficient (Wildman–Crippen LogP) is 5.23. The highest BCUT2D eigenvalue weighted by atomic mass is 35.5. The van der Waals surface area contributed by atoms with Gasteiger partial charge >= 0.3 is 0 Å². The van der Waals surface area contributed by atoms with Crippen LogP contribution in [-0.4, -0.2) is 44.5 Å². The molecular formula is C24H28ClN5S. The van der Waals surface area contributed by atoms with Crippen LogP contribution in [0.5, 0.6) is 0 Å². The Kier molecular flexibility index (Phi) is 5.71. The van der Waals surface area contributed by atoms with Crippen molar-refractivity contribution in [1.82, 2.24) is 19.7 Å². The molecular weight excluding hydrogens is 426 g/mol. The van der Waals surface area contributed by atoms with Crippen LogP contribution < -0.4 is 0 Å². The van der Waals surface area contributed by atoms with Gasteiger partial charge in [0.2, 0.25) is 0 Å². The number of hydrogen-bond acceptors (Lipinski definition) is 5. The summed E-state index contributed by atoms with van der Waals surface area (Å²) in [6, 6.07) is 8.63. The lowest BCUT2D eigenvalue weighted by molar-refractivity contribution is 0.202. The highest BCUT2D eigenvalue weighted by Crippen LogP contribution is 2.43. The molecule has 5 nitrogen and oxygen atoms in total. The smallest absolute Gasteiger partial charge is 0.160 e. The van der Waals surface area contributed by atoms with Crippen LogP contribution in [0.2, 0.25) is 5.02 Å². The lowest BCUT2D eigenvalue weighted by atomic mass is 9.98. The number of fused-ring (bicyclic) bond motifs is 5. The molecule has 0 spiro atoms. The maximum atomic E-state index is 6.65. The number of halogens is 1. The average molecular weight is 454 g/mol. The minimum Gasteiger partial charge on any atom is -0.300 e. The summed E-state index contributed by atoms with van der Waals surface area (Å²) in [7, 11) is 0. The third kappa shape index (κ3) is 3.55. The largest absolute Gasteiger partial charge is 0.300 e. The molecule has 162 valence electrons. The van der Waals surface area contributed by atoms with Crippen molar-refractivity contribution in [1.29, 1.82) is 0 Å². The Morgan fingerprint density at radius 1 is 1.13 bits per heavy atom. The monoisotopic (exact) mass is 453 g/mol. The molecule has 0 bridgehead atoms. The Balaban J connectivity index is 1.64. The Bertz CT molecular complexity index is 1140. The van der Waals surface area contributed by atoms with Crippen molar-refractivity contribution < 1.29 is 0 Å². The number of aromatic nitrogens is 3. The first-order chi connectivity index (χ1) is 15.1. The molecule has 1 aromatic carbocycles. The molecule has 2 aromatic heterocycles. The van der Waals surface area contributed by atoms with Gasteiger partial charge in [0, 0.05) is 27.1 Å². The van der Waals surface area contributed by atoms with Gasteiger partial charge in [0.05, 0.1) is 5.71 Å². The summed E-state index contributed by atoms with van der Waals surface area (Å²) in [6.07, 6.45) is 4.57. The zero-order chi connectivity index (χ0) is 21.5. The molecule has 0 N–H and O–H groups in total. The minimum absolute atomic E-state index is 0.513. The van der Waals surface area contributed by atoms with Crippen LogP contribution in [-0.2, 0) is 19.4 Å². The van der Waals surface area contributed by atoms with Gasteiger partial charge in [-0.3, -0.25) is 14.5 Å². The first-order valence-electron chi connectivity index (χ1n) is 11.2. The van der Waals surface area contributed by atoms with E-state index in [1.165, 1.54) is 33.8 Å². The Labute approximate surface area is 192 Å². The molecule has 0 fully saturated rings. The topological polar surface area (TPSA) is 46.3 Å². The normalized spacial score (nSPS) is 17.3. The van der Waals surface area contributed by atoms with Crippen molar-refractivity contribution in [3.05, 3.63) is 62.5 Å². The Morgan fingerprint density at radius 3 is 2.65 bits per heavy atom. The van der Waals surface area contributed by atoms with Gasteiger partial charge in [0.25, 0.3) is 0 Å². The zero-order valence-corrected chi connectivity index (χ0v) is 19.9. The standard InChI is InChI=1S/C24H28ClN5S/c1-4-10-29(11-5-2)16-12-18-20(13-16)31-24-22(18)23(17-8-6-7-9-19(17)25)26-14-21-28-27-15(3)30(21)24/h6-9,16H,4-5,10-14H2,1-3H3. The molecule has 0 radical (unpaired) electrons. The maximum Gasteiger partial charge on any atom is 0.160 e. The van der Waals surface area contributed by atoms with Crippen molar-refractivity contribution in [3.63, 3.8) is 0 Å². The van der Waals surface area contributed by atoms with E-state index in [4.69, 9.17) is 16.6 Å².